The van der Waals surface area contributed by atoms with E-state index in [-0.39, 0.29) is 18.6 Å². The Hall–Kier alpha value is -4.50. The number of carbonyl (C=O) groups excluding carboxylic acids is 3. The Morgan fingerprint density at radius 1 is 0.953 bits per heavy atom. The minimum atomic E-state index is -0.930. The number of likely N-dealkylation sites (N-methyl/N-ethyl adjacent to an activating group) is 1. The lowest BCUT2D eigenvalue weighted by atomic mass is 9.81. The topological polar surface area (TPSA) is 92.3 Å². The standard InChI is InChI=1S/C34H36N4O5/c1-34(23-42-33(41)37-19-17-36(2)18-20-37)22-28-27(21-26-15-9-10-16-35-26)31(39)38(28)30(34)32(40)43-29(24-11-5-3-6-12-24)25-13-7-4-8-14-25/h3-16,21,28-30H,17-20,22-23H2,1-2H3/b27-21+/t28?,30-,34-/m0/s1. The Bertz CT molecular complexity index is 1450. The molecule has 0 saturated carbocycles. The van der Waals surface area contributed by atoms with E-state index < -0.39 is 29.6 Å². The van der Waals surface area contributed by atoms with Gasteiger partial charge in [-0.3, -0.25) is 9.78 Å². The van der Waals surface area contributed by atoms with Gasteiger partial charge >= 0.3 is 12.1 Å². The monoisotopic (exact) mass is 580 g/mol. The number of fused-ring (bicyclic) bond motifs is 1. The molecule has 3 aromatic rings. The van der Waals surface area contributed by atoms with Crippen LogP contribution in [0.15, 0.2) is 90.6 Å². The van der Waals surface area contributed by atoms with Gasteiger partial charge in [-0.1, -0.05) is 73.7 Å². The van der Waals surface area contributed by atoms with Crippen LogP contribution in [0.25, 0.3) is 6.08 Å². The van der Waals surface area contributed by atoms with E-state index in [9.17, 15) is 14.4 Å². The van der Waals surface area contributed by atoms with Gasteiger partial charge in [-0.2, -0.15) is 0 Å². The van der Waals surface area contributed by atoms with E-state index in [0.29, 0.717) is 30.8 Å². The molecule has 0 bridgehead atoms. The predicted molar refractivity (Wildman–Crippen MR) is 161 cm³/mol. The second kappa shape index (κ2) is 12.0. The largest absolute Gasteiger partial charge is 0.451 e. The number of nitrogens with zero attached hydrogens (tertiary/aromatic N) is 4. The number of rotatable bonds is 7. The van der Waals surface area contributed by atoms with Crippen LogP contribution in [0.2, 0.25) is 0 Å². The van der Waals surface area contributed by atoms with Crippen molar-refractivity contribution < 1.29 is 23.9 Å². The van der Waals surface area contributed by atoms with Gasteiger partial charge in [0.05, 0.1) is 11.7 Å². The summed E-state index contributed by atoms with van der Waals surface area (Å²) in [6.45, 7) is 4.59. The van der Waals surface area contributed by atoms with Gasteiger partial charge in [0, 0.05) is 43.4 Å². The van der Waals surface area contributed by atoms with Gasteiger partial charge in [0.25, 0.3) is 5.91 Å². The third-order valence-electron chi connectivity index (χ3n) is 8.71. The summed E-state index contributed by atoms with van der Waals surface area (Å²) in [7, 11) is 2.02. The Balaban J connectivity index is 1.28. The highest BCUT2D eigenvalue weighted by molar-refractivity contribution is 6.08. The second-order valence-corrected chi connectivity index (χ2v) is 11.8. The Morgan fingerprint density at radius 3 is 2.19 bits per heavy atom. The van der Waals surface area contributed by atoms with Gasteiger partial charge in [-0.15, -0.1) is 0 Å². The smallest absolute Gasteiger partial charge is 0.409 e. The molecule has 222 valence electrons. The molecule has 6 rings (SSSR count). The molecule has 0 spiro atoms. The normalized spacial score (nSPS) is 24.5. The van der Waals surface area contributed by atoms with E-state index in [2.05, 4.69) is 9.88 Å². The lowest BCUT2D eigenvalue weighted by molar-refractivity contribution is -0.163. The maximum absolute atomic E-state index is 14.2. The molecule has 2 amide bonds. The fraction of sp³-hybridized carbons (Fsp3) is 0.353. The van der Waals surface area contributed by atoms with E-state index in [4.69, 9.17) is 9.47 Å². The van der Waals surface area contributed by atoms with Crippen LogP contribution in [-0.4, -0.2) is 89.6 Å². The van der Waals surface area contributed by atoms with Crippen molar-refractivity contribution in [1.29, 1.82) is 0 Å². The average Bonchev–Trinajstić information content (AvgIpc) is 3.32. The summed E-state index contributed by atoms with van der Waals surface area (Å²) in [4.78, 5) is 50.6. The fourth-order valence-corrected chi connectivity index (χ4v) is 6.30. The van der Waals surface area contributed by atoms with Crippen LogP contribution in [0, 0.1) is 5.41 Å². The molecule has 0 aliphatic carbocycles. The summed E-state index contributed by atoms with van der Waals surface area (Å²) >= 11 is 0. The van der Waals surface area contributed by atoms with Crippen LogP contribution in [0.5, 0.6) is 0 Å². The summed E-state index contributed by atoms with van der Waals surface area (Å²) in [5, 5.41) is 0. The number of hydrogen-bond acceptors (Lipinski definition) is 7. The predicted octanol–water partition coefficient (Wildman–Crippen LogP) is 4.17. The molecule has 9 nitrogen and oxygen atoms in total. The van der Waals surface area contributed by atoms with Gasteiger partial charge in [-0.25, -0.2) is 9.59 Å². The number of esters is 1. The first-order chi connectivity index (χ1) is 20.8. The number of benzene rings is 2. The molecule has 3 aliphatic rings. The van der Waals surface area contributed by atoms with Crippen molar-refractivity contribution in [3.63, 3.8) is 0 Å². The van der Waals surface area contributed by atoms with Crippen molar-refractivity contribution >= 4 is 24.0 Å². The number of hydrogen-bond donors (Lipinski definition) is 0. The van der Waals surface area contributed by atoms with Crippen LogP contribution in [0.1, 0.15) is 36.3 Å². The number of amides is 2. The van der Waals surface area contributed by atoms with Gasteiger partial charge in [0.2, 0.25) is 0 Å². The van der Waals surface area contributed by atoms with E-state index >= 15 is 0 Å². The molecule has 0 N–H and O–H groups in total. The number of piperazine rings is 1. The van der Waals surface area contributed by atoms with E-state index in [1.54, 1.807) is 22.1 Å². The lowest BCUT2D eigenvalue weighted by Crippen LogP contribution is -2.58. The van der Waals surface area contributed by atoms with Crippen LogP contribution in [0.4, 0.5) is 4.79 Å². The summed E-state index contributed by atoms with van der Waals surface area (Å²) in [6.07, 6.45) is 2.85. The molecule has 4 heterocycles. The van der Waals surface area contributed by atoms with Crippen LogP contribution >= 0.6 is 0 Å². The van der Waals surface area contributed by atoms with E-state index in [1.165, 1.54) is 0 Å². The quantitative estimate of drug-likeness (QED) is 0.235. The molecule has 3 saturated heterocycles. The van der Waals surface area contributed by atoms with Crippen molar-refractivity contribution in [1.82, 2.24) is 19.7 Å². The first-order valence-corrected chi connectivity index (χ1v) is 14.7. The van der Waals surface area contributed by atoms with E-state index in [0.717, 1.165) is 24.2 Å². The van der Waals surface area contributed by atoms with Gasteiger partial charge in [-0.05, 0) is 42.8 Å². The third kappa shape index (κ3) is 5.77. The highest BCUT2D eigenvalue weighted by Gasteiger charge is 2.63. The van der Waals surface area contributed by atoms with Crippen LogP contribution < -0.4 is 0 Å². The molecule has 1 aromatic heterocycles. The van der Waals surface area contributed by atoms with Gasteiger partial charge in [0.15, 0.2) is 6.10 Å². The third-order valence-corrected chi connectivity index (χ3v) is 8.71. The Morgan fingerprint density at radius 2 is 1.58 bits per heavy atom. The van der Waals surface area contributed by atoms with Crippen molar-refractivity contribution in [3.8, 4) is 0 Å². The molecule has 2 aromatic carbocycles. The number of aromatic nitrogens is 1. The summed E-state index contributed by atoms with van der Waals surface area (Å²) in [5.74, 6) is -0.758. The SMILES string of the molecule is CN1CCN(C(=O)OC[C@]2(C)CC3/C(=C\c4ccccn4)C(=O)N3[C@H]2C(=O)OC(c2ccccc2)c2ccccc2)CC1. The lowest BCUT2D eigenvalue weighted by Gasteiger charge is -2.41. The molecule has 3 atom stereocenters. The zero-order chi connectivity index (χ0) is 30.0. The van der Waals surface area contributed by atoms with Crippen LogP contribution in [0.3, 0.4) is 0 Å². The molecule has 9 heteroatoms. The first kappa shape index (κ1) is 28.6. The number of pyridine rings is 1. The summed E-state index contributed by atoms with van der Waals surface area (Å²) in [5.41, 5.74) is 2.05. The highest BCUT2D eigenvalue weighted by Crippen LogP contribution is 2.50. The summed E-state index contributed by atoms with van der Waals surface area (Å²) in [6, 6.07) is 23.4. The van der Waals surface area contributed by atoms with Crippen molar-refractivity contribution in [2.45, 2.75) is 31.5 Å². The molecule has 3 fully saturated rings. The minimum Gasteiger partial charge on any atom is -0.451 e. The molecule has 0 radical (unpaired) electrons. The molecule has 1 unspecified atom stereocenters. The summed E-state index contributed by atoms with van der Waals surface area (Å²) < 4.78 is 12.1. The average molecular weight is 581 g/mol. The molecule has 43 heavy (non-hydrogen) atoms. The van der Waals surface area contributed by atoms with Crippen molar-refractivity contribution in [2.75, 3.05) is 39.8 Å². The van der Waals surface area contributed by atoms with Gasteiger partial charge in [0.1, 0.15) is 12.6 Å². The number of ether oxygens (including phenoxy) is 2. The number of carbonyl (C=O) groups is 3. The Labute approximate surface area is 251 Å². The minimum absolute atomic E-state index is 0.0174. The molecular weight excluding hydrogens is 544 g/mol. The maximum Gasteiger partial charge on any atom is 0.409 e. The van der Waals surface area contributed by atoms with Crippen molar-refractivity contribution in [2.24, 2.45) is 5.41 Å². The van der Waals surface area contributed by atoms with E-state index in [1.807, 2.05) is 92.8 Å². The van der Waals surface area contributed by atoms with Crippen molar-refractivity contribution in [3.05, 3.63) is 107 Å². The highest BCUT2D eigenvalue weighted by atomic mass is 16.6. The van der Waals surface area contributed by atoms with Gasteiger partial charge < -0.3 is 24.2 Å². The molecule has 3 aliphatic heterocycles. The molecular formula is C34H36N4O5. The fourth-order valence-electron chi connectivity index (χ4n) is 6.30. The zero-order valence-corrected chi connectivity index (χ0v) is 24.5. The number of β-lactam (4-membered cyclic amide) rings is 1. The van der Waals surface area contributed by atoms with Crippen LogP contribution in [-0.2, 0) is 19.1 Å². The Kier molecular flexibility index (Phi) is 7.99. The maximum atomic E-state index is 14.2. The second-order valence-electron chi connectivity index (χ2n) is 11.8. The first-order valence-electron chi connectivity index (χ1n) is 14.7. The zero-order valence-electron chi connectivity index (χ0n) is 24.5.